The maximum Gasteiger partial charge on any atom is 0.252 e. The maximum atomic E-state index is 6.05. The van der Waals surface area contributed by atoms with E-state index in [1.54, 1.807) is 0 Å². The van der Waals surface area contributed by atoms with Gasteiger partial charge in [-0.15, -0.1) is 0 Å². The molecule has 0 unspecified atom stereocenters. The van der Waals surface area contributed by atoms with Crippen LogP contribution in [0.25, 0.3) is 163 Å². The van der Waals surface area contributed by atoms with E-state index in [1.807, 2.05) is 0 Å². The number of benzene rings is 14. The minimum Gasteiger partial charge on any atom is -0.310 e. The Balaban J connectivity index is 1.12. The highest BCUT2D eigenvalue weighted by molar-refractivity contribution is 7.01. The van der Waals surface area contributed by atoms with Gasteiger partial charge in [0, 0.05) is 54.3 Å². The van der Waals surface area contributed by atoms with Crippen LogP contribution in [0.5, 0.6) is 0 Å². The zero-order valence-corrected chi connectivity index (χ0v) is 45.9. The largest absolute Gasteiger partial charge is 0.310 e. The summed E-state index contributed by atoms with van der Waals surface area (Å²) in [5.41, 5.74) is 17.3. The first kappa shape index (κ1) is 44.3. The number of hydrogen-bond acceptors (Lipinski definition) is 2. The van der Waals surface area contributed by atoms with E-state index in [-0.39, 0.29) is 17.5 Å². The van der Waals surface area contributed by atoms with Gasteiger partial charge in [0.2, 0.25) is 0 Å². The molecule has 0 N–H and O–H groups in total. The lowest BCUT2D eigenvalue weighted by Crippen LogP contribution is -2.59. The Bertz CT molecular complexity index is 5830. The third-order valence-electron chi connectivity index (χ3n) is 19.2. The average Bonchev–Trinajstić information content (AvgIpc) is 3.13. The van der Waals surface area contributed by atoms with Crippen LogP contribution in [0.4, 0.5) is 0 Å². The molecule has 5 heterocycles. The monoisotopic (exact) mass is 1030 g/mol. The van der Waals surface area contributed by atoms with Crippen molar-refractivity contribution in [3.8, 4) is 11.4 Å². The van der Waals surface area contributed by atoms with E-state index in [9.17, 15) is 0 Å². The molecule has 2 aliphatic rings. The Labute approximate surface area is 466 Å². The van der Waals surface area contributed by atoms with Crippen LogP contribution in [0.1, 0.15) is 52.7 Å². The quantitative estimate of drug-likeness (QED) is 0.0862. The molecule has 0 atom stereocenters. The molecule has 3 aromatic heterocycles. The van der Waals surface area contributed by atoms with Crippen molar-refractivity contribution in [2.75, 3.05) is 0 Å². The van der Waals surface area contributed by atoms with E-state index in [0.717, 1.165) is 44.2 Å². The van der Waals surface area contributed by atoms with Crippen molar-refractivity contribution in [2.24, 2.45) is 0 Å². The number of fused-ring (bicyclic) bond motifs is 32. The standard InChI is InChI=1S/C76H51BN4/c1-75(2,3)40-31-33-61-55(35-40)57-36-41(76(4,5)6)37-58-72(57)81(61)74-68-63(39-60-71(74)79-70-54-30-18-14-25-48(54)47-24-13-17-29-53(47)69(70)78-60)80-62-34-32-52-46-23-9-7-19-42(46)44-21-11-15-27-50(44)64(52)66(62)67-65-51-28-16-12-22-45(51)43-20-8-10-26-49(43)56(65)38-59(73(67)80)77(58)68/h7-39H,1-6H3. The highest BCUT2D eigenvalue weighted by atomic mass is 15.1. The first-order chi connectivity index (χ1) is 39.5. The van der Waals surface area contributed by atoms with Crippen LogP contribution < -0.4 is 16.4 Å². The fourth-order valence-corrected chi connectivity index (χ4v) is 15.7. The van der Waals surface area contributed by atoms with Crippen molar-refractivity contribution >= 4 is 175 Å². The van der Waals surface area contributed by atoms with Crippen molar-refractivity contribution < 1.29 is 0 Å². The normalized spacial score (nSPS) is 13.5. The lowest BCUT2D eigenvalue weighted by atomic mass is 9.34. The summed E-state index contributed by atoms with van der Waals surface area (Å²) >= 11 is 0. The average molecular weight is 1030 g/mol. The number of nitrogens with zero attached hydrogens (tertiary/aromatic N) is 4. The summed E-state index contributed by atoms with van der Waals surface area (Å²) in [7, 11) is 0. The smallest absolute Gasteiger partial charge is 0.252 e. The molecule has 4 nitrogen and oxygen atoms in total. The van der Waals surface area contributed by atoms with Crippen LogP contribution in [0.3, 0.4) is 0 Å². The molecule has 0 saturated heterocycles. The lowest BCUT2D eigenvalue weighted by molar-refractivity contribution is 0.590. The maximum absolute atomic E-state index is 6.05. The van der Waals surface area contributed by atoms with E-state index < -0.39 is 0 Å². The van der Waals surface area contributed by atoms with Gasteiger partial charge in [-0.1, -0.05) is 211 Å². The second kappa shape index (κ2) is 14.8. The van der Waals surface area contributed by atoms with Crippen LogP contribution in [-0.4, -0.2) is 25.8 Å². The Kier molecular flexibility index (Phi) is 8.10. The second-order valence-corrected chi connectivity index (χ2v) is 25.5. The van der Waals surface area contributed by atoms with E-state index in [4.69, 9.17) is 9.97 Å². The fraction of sp³-hybridized carbons (Fsp3) is 0.105. The molecule has 81 heavy (non-hydrogen) atoms. The summed E-state index contributed by atoms with van der Waals surface area (Å²) < 4.78 is 5.32. The highest BCUT2D eigenvalue weighted by Crippen LogP contribution is 2.51. The number of rotatable bonds is 0. The molecule has 2 aliphatic heterocycles. The Morgan fingerprint density at radius 3 is 1.36 bits per heavy atom. The zero-order chi connectivity index (χ0) is 53.7. The Morgan fingerprint density at radius 1 is 0.321 bits per heavy atom. The first-order valence-electron chi connectivity index (χ1n) is 28.8. The topological polar surface area (TPSA) is 35.6 Å². The van der Waals surface area contributed by atoms with Gasteiger partial charge in [-0.2, -0.15) is 0 Å². The van der Waals surface area contributed by atoms with Gasteiger partial charge in [-0.25, -0.2) is 9.97 Å². The van der Waals surface area contributed by atoms with E-state index in [1.165, 1.54) is 147 Å². The SMILES string of the molecule is CC(C)(C)c1ccc2c(c1)c1cc(C(C)(C)C)cc3c1n2-c1c2c(cc4nc5c6ccccc6c6ccccc6c5nc14)-n1c4ccc5c6ccccc6c6ccccc6c5c4c4c5c6ccccc6c6ccccc6c5cc(c41)B23. The molecule has 0 fully saturated rings. The summed E-state index contributed by atoms with van der Waals surface area (Å²) in [4.78, 5) is 12.0. The van der Waals surface area contributed by atoms with Gasteiger partial charge in [0.25, 0.3) is 6.71 Å². The van der Waals surface area contributed by atoms with Crippen LogP contribution in [0, 0.1) is 0 Å². The van der Waals surface area contributed by atoms with Crippen LogP contribution in [0.2, 0.25) is 0 Å². The molecule has 5 heteroatoms. The molecule has 0 saturated carbocycles. The molecular weight excluding hydrogens is 980 g/mol. The molecule has 17 aromatic rings. The van der Waals surface area contributed by atoms with Gasteiger partial charge in [-0.05, 0) is 133 Å². The van der Waals surface area contributed by atoms with Gasteiger partial charge in [0.05, 0.1) is 38.8 Å². The third-order valence-corrected chi connectivity index (χ3v) is 19.2. The first-order valence-corrected chi connectivity index (χ1v) is 28.8. The lowest BCUT2D eigenvalue weighted by Gasteiger charge is -2.35. The molecule has 0 aliphatic carbocycles. The van der Waals surface area contributed by atoms with Gasteiger partial charge >= 0.3 is 0 Å². The minimum atomic E-state index is -0.160. The molecule has 19 rings (SSSR count). The van der Waals surface area contributed by atoms with E-state index in [2.05, 4.69) is 251 Å². The zero-order valence-electron chi connectivity index (χ0n) is 45.9. The molecular formula is C76H51BN4. The summed E-state index contributed by atoms with van der Waals surface area (Å²) in [6.45, 7) is 14.0. The van der Waals surface area contributed by atoms with Crippen LogP contribution in [-0.2, 0) is 10.8 Å². The fourth-order valence-electron chi connectivity index (χ4n) is 15.7. The summed E-state index contributed by atoms with van der Waals surface area (Å²) in [6, 6.07) is 76.4. The predicted octanol–water partition coefficient (Wildman–Crippen LogP) is 17.9. The van der Waals surface area contributed by atoms with Crippen molar-refractivity contribution in [1.82, 2.24) is 19.1 Å². The van der Waals surface area contributed by atoms with Crippen LogP contribution in [0.15, 0.2) is 200 Å². The van der Waals surface area contributed by atoms with Gasteiger partial charge in [0.1, 0.15) is 5.52 Å². The molecule has 0 amide bonds. The molecule has 0 bridgehead atoms. The predicted molar refractivity (Wildman–Crippen MR) is 348 cm³/mol. The second-order valence-electron chi connectivity index (χ2n) is 25.5. The Hall–Kier alpha value is -9.58. The minimum absolute atomic E-state index is 0.0548. The van der Waals surface area contributed by atoms with Crippen molar-refractivity contribution in [1.29, 1.82) is 0 Å². The van der Waals surface area contributed by atoms with E-state index in [0.29, 0.717) is 0 Å². The molecule has 14 aromatic carbocycles. The summed E-state index contributed by atoms with van der Waals surface area (Å²) in [5.74, 6) is 0. The third kappa shape index (κ3) is 5.43. The number of hydrogen-bond donors (Lipinski definition) is 0. The molecule has 378 valence electrons. The van der Waals surface area contributed by atoms with Crippen molar-refractivity contribution in [3.05, 3.63) is 211 Å². The van der Waals surface area contributed by atoms with E-state index >= 15 is 0 Å². The Morgan fingerprint density at radius 2 is 0.778 bits per heavy atom. The summed E-state index contributed by atoms with van der Waals surface area (Å²) in [6.07, 6.45) is 0. The van der Waals surface area contributed by atoms with Crippen molar-refractivity contribution in [3.63, 3.8) is 0 Å². The number of aromatic nitrogens is 4. The van der Waals surface area contributed by atoms with Gasteiger partial charge in [-0.3, -0.25) is 0 Å². The molecule has 0 spiro atoms. The molecule has 0 radical (unpaired) electrons. The van der Waals surface area contributed by atoms with Crippen LogP contribution >= 0.6 is 0 Å². The van der Waals surface area contributed by atoms with Gasteiger partial charge < -0.3 is 9.13 Å². The van der Waals surface area contributed by atoms with Crippen molar-refractivity contribution in [2.45, 2.75) is 52.4 Å². The summed E-state index contributed by atoms with van der Waals surface area (Å²) in [5, 5.41) is 25.1. The highest BCUT2D eigenvalue weighted by Gasteiger charge is 2.44. The van der Waals surface area contributed by atoms with Gasteiger partial charge in [0.15, 0.2) is 0 Å².